The van der Waals surface area contributed by atoms with Gasteiger partial charge in [-0.15, -0.1) is 0 Å². The average Bonchev–Trinajstić information content (AvgIpc) is 0.974. The third-order valence-corrected chi connectivity index (χ3v) is 34.7. The standard InChI is InChI=1S/C118H98N4O4S2/c1-76-62-87-64-77(2)65-88(63-76)118(87)105-42-14-21-49-113(105)128(125,126)115-72-96(59-61-106(115)118)119(91-54-50-79(51-55-91)83-29-23-34-94(69-83)121-108-44-16-9-37-99(108)100-38-10-17-45-109(100)121)93-33-25-31-85(71-93)82-28-22-32-86(68-82)116(4)74-90-67-78(3)66-89(116)75-117(90)103-41-13-20-48-112(103)127(123,124)114-73-97(58-60-104(114)117)120(107-43-15-8-36-98(107)81-26-6-5-7-27-81)92-56-52-80(53-57-92)84-30-24-35-95(70-84)122-110-46-18-11-39-101(110)102-40-12-19-47-111(102)122/h5-61,68-73,76-78,87-90H,62-67,74-75H2,1-4H3/t76?,77?,78-,87?,88?,89?,90-,116-,117?,118?/m1/s1. The fraction of sp³-hybridized carbons (Fsp3) is 0.186. The van der Waals surface area contributed by atoms with Crippen molar-refractivity contribution in [2.24, 2.45) is 41.4 Å². The van der Waals surface area contributed by atoms with Crippen LogP contribution in [-0.4, -0.2) is 26.0 Å². The molecule has 0 saturated heterocycles. The van der Waals surface area contributed by atoms with Gasteiger partial charge in [0.05, 0.1) is 47.3 Å². The Kier molecular flexibility index (Phi) is 18.2. The number of nitrogens with zero attached hydrogens (tertiary/aromatic N) is 4. The van der Waals surface area contributed by atoms with Crippen LogP contribution in [0.5, 0.6) is 0 Å². The Morgan fingerprint density at radius 3 is 1.23 bits per heavy atom. The lowest BCUT2D eigenvalue weighted by molar-refractivity contribution is 0.0231. The zero-order valence-electron chi connectivity index (χ0n) is 72.3. The van der Waals surface area contributed by atoms with Crippen molar-refractivity contribution in [1.82, 2.24) is 9.13 Å². The molecule has 7 aliphatic rings. The van der Waals surface area contributed by atoms with Crippen molar-refractivity contribution in [3.63, 3.8) is 0 Å². The van der Waals surface area contributed by atoms with E-state index in [9.17, 15) is 0 Å². The molecular formula is C118H98N4O4S2. The summed E-state index contributed by atoms with van der Waals surface area (Å²) in [4.78, 5) is 6.22. The van der Waals surface area contributed by atoms with Gasteiger partial charge in [-0.05, 0) is 292 Å². The van der Waals surface area contributed by atoms with Crippen LogP contribution in [0, 0.1) is 41.4 Å². The van der Waals surface area contributed by atoms with Gasteiger partial charge in [0, 0.05) is 77.8 Å². The molecule has 5 fully saturated rings. The topological polar surface area (TPSA) is 84.6 Å². The molecule has 16 aromatic carbocycles. The van der Waals surface area contributed by atoms with E-state index in [0.29, 0.717) is 49.2 Å². The van der Waals surface area contributed by atoms with Crippen LogP contribution >= 0.6 is 0 Å². The van der Waals surface area contributed by atoms with Crippen molar-refractivity contribution >= 4 is 97.4 Å². The highest BCUT2D eigenvalue weighted by atomic mass is 32.2. The largest absolute Gasteiger partial charge is 0.310 e. The van der Waals surface area contributed by atoms with Gasteiger partial charge in [-0.2, -0.15) is 0 Å². The van der Waals surface area contributed by atoms with E-state index in [1.54, 1.807) is 0 Å². The first-order chi connectivity index (χ1) is 62.5. The summed E-state index contributed by atoms with van der Waals surface area (Å²) in [6, 6.07) is 136. The summed E-state index contributed by atoms with van der Waals surface area (Å²) in [5.41, 5.74) is 24.2. The summed E-state index contributed by atoms with van der Waals surface area (Å²) in [5, 5.41) is 4.87. The number of para-hydroxylation sites is 5. The maximum atomic E-state index is 16.2. The Morgan fingerprint density at radius 2 is 0.664 bits per heavy atom. The molecule has 2 spiro atoms. The second-order valence-electron chi connectivity index (χ2n) is 38.2. The smallest absolute Gasteiger partial charge is 0.207 e. The van der Waals surface area contributed by atoms with Crippen molar-refractivity contribution in [1.29, 1.82) is 0 Å². The molecule has 5 aliphatic carbocycles. The van der Waals surface area contributed by atoms with Gasteiger partial charge >= 0.3 is 0 Å². The lowest BCUT2D eigenvalue weighted by atomic mass is 9.46. The number of aromatic nitrogens is 2. The number of fused-ring (bicyclic) bond motifs is 13. The number of anilines is 6. The van der Waals surface area contributed by atoms with E-state index in [1.807, 2.05) is 42.5 Å². The second kappa shape index (κ2) is 29.9. The highest BCUT2D eigenvalue weighted by Gasteiger charge is 2.62. The van der Waals surface area contributed by atoms with Gasteiger partial charge in [-0.1, -0.05) is 282 Å². The van der Waals surface area contributed by atoms with E-state index < -0.39 is 30.5 Å². The van der Waals surface area contributed by atoms with E-state index >= 15 is 16.8 Å². The van der Waals surface area contributed by atoms with Crippen LogP contribution in [0.2, 0.25) is 0 Å². The van der Waals surface area contributed by atoms with Crippen LogP contribution in [0.15, 0.2) is 402 Å². The molecule has 626 valence electrons. The molecule has 2 unspecified atom stereocenters. The van der Waals surface area contributed by atoms with Crippen LogP contribution < -0.4 is 9.80 Å². The van der Waals surface area contributed by atoms with Gasteiger partial charge in [0.25, 0.3) is 0 Å². The first-order valence-electron chi connectivity index (χ1n) is 45.8. The summed E-state index contributed by atoms with van der Waals surface area (Å²) in [7, 11) is -8.07. The molecule has 128 heavy (non-hydrogen) atoms. The predicted molar refractivity (Wildman–Crippen MR) is 524 cm³/mol. The molecule has 2 aliphatic heterocycles. The molecular weight excluding hydrogens is 1600 g/mol. The van der Waals surface area contributed by atoms with E-state index in [1.165, 1.54) is 27.1 Å². The summed E-state index contributed by atoms with van der Waals surface area (Å²) < 4.78 is 68.8. The van der Waals surface area contributed by atoms with Crippen LogP contribution in [0.1, 0.15) is 107 Å². The minimum atomic E-state index is -4.08. The molecule has 4 bridgehead atoms. The Morgan fingerprint density at radius 1 is 0.281 bits per heavy atom. The average molecular weight is 1700 g/mol. The Hall–Kier alpha value is -13.4. The lowest BCUT2D eigenvalue weighted by Crippen LogP contribution is -2.54. The Labute approximate surface area is 750 Å². The summed E-state index contributed by atoms with van der Waals surface area (Å²) in [5.74, 6) is 2.33. The Balaban J connectivity index is 0.598. The van der Waals surface area contributed by atoms with Crippen molar-refractivity contribution in [2.75, 3.05) is 9.80 Å². The molecule has 5 saturated carbocycles. The van der Waals surface area contributed by atoms with Crippen LogP contribution in [0.4, 0.5) is 34.1 Å². The zero-order valence-corrected chi connectivity index (χ0v) is 73.9. The molecule has 4 heterocycles. The molecule has 0 amide bonds. The highest BCUT2D eigenvalue weighted by Crippen LogP contribution is 2.68. The SMILES string of the molecule is CC1CC2CC(C)CC(C1)C21c2ccccc2S(=O)(=O)c2cc(N(c3ccc(-c4cccc(-n5c6ccccc6c6ccccc65)c4)cc3)c3cccc(-c4cccc([C@@]5(C)C[C@H]6C[C@H](C)CC5CC65c6ccccc6S(=O)(=O)c6cc(N(c7ccc(-c8cccc(-n9c%10ccccc%10c%10ccccc%109)c8)cc7)c7ccccc7-c7ccccc7)ccc65)c4)c3)ccc21. The minimum Gasteiger partial charge on any atom is -0.310 e. The van der Waals surface area contributed by atoms with Crippen molar-refractivity contribution in [3.05, 3.63) is 410 Å². The van der Waals surface area contributed by atoms with Crippen LogP contribution in [0.25, 0.3) is 99.5 Å². The number of hydrogen-bond donors (Lipinski definition) is 0. The molecule has 2 aromatic heterocycles. The van der Waals surface area contributed by atoms with Crippen LogP contribution in [0.3, 0.4) is 0 Å². The lowest BCUT2D eigenvalue weighted by Gasteiger charge is -2.59. The fourth-order valence-corrected chi connectivity index (χ4v) is 29.3. The highest BCUT2D eigenvalue weighted by molar-refractivity contribution is 7.92. The summed E-state index contributed by atoms with van der Waals surface area (Å²) in [6.07, 6.45) is 7.83. The van der Waals surface area contributed by atoms with E-state index in [2.05, 4.69) is 386 Å². The second-order valence-corrected chi connectivity index (χ2v) is 41.9. The van der Waals surface area contributed by atoms with E-state index in [4.69, 9.17) is 0 Å². The third-order valence-electron chi connectivity index (χ3n) is 31.0. The van der Waals surface area contributed by atoms with Gasteiger partial charge in [0.2, 0.25) is 19.7 Å². The van der Waals surface area contributed by atoms with Gasteiger partial charge in [-0.25, -0.2) is 16.8 Å². The third kappa shape index (κ3) is 12.0. The number of sulfone groups is 2. The summed E-state index contributed by atoms with van der Waals surface area (Å²) in [6.45, 7) is 9.75. The number of rotatable bonds is 13. The van der Waals surface area contributed by atoms with Crippen molar-refractivity contribution in [2.45, 2.75) is 115 Å². The number of hydrogen-bond acceptors (Lipinski definition) is 6. The first kappa shape index (κ1) is 78.1. The van der Waals surface area contributed by atoms with Crippen molar-refractivity contribution < 1.29 is 16.8 Å². The quantitative estimate of drug-likeness (QED) is 0.114. The van der Waals surface area contributed by atoms with E-state index in [0.717, 1.165) is 186 Å². The molecule has 25 rings (SSSR count). The molecule has 0 radical (unpaired) electrons. The Bertz CT molecular complexity index is 7650. The van der Waals surface area contributed by atoms with Gasteiger partial charge in [0.15, 0.2) is 0 Å². The maximum Gasteiger partial charge on any atom is 0.207 e. The normalized spacial score (nSPS) is 22.7. The van der Waals surface area contributed by atoms with E-state index in [-0.39, 0.29) is 17.3 Å². The van der Waals surface area contributed by atoms with Gasteiger partial charge in [0.1, 0.15) is 0 Å². The molecule has 8 nitrogen and oxygen atoms in total. The molecule has 10 heteroatoms. The molecule has 5 atom stereocenters. The predicted octanol–water partition coefficient (Wildman–Crippen LogP) is 29.9. The maximum absolute atomic E-state index is 16.2. The van der Waals surface area contributed by atoms with Crippen LogP contribution in [-0.2, 0) is 35.9 Å². The minimum absolute atomic E-state index is 0.0722. The monoisotopic (exact) mass is 1700 g/mol. The first-order valence-corrected chi connectivity index (χ1v) is 48.8. The van der Waals surface area contributed by atoms with Gasteiger partial charge < -0.3 is 18.9 Å². The number of benzene rings is 16. The zero-order chi connectivity index (χ0) is 86.1. The fourth-order valence-electron chi connectivity index (χ4n) is 25.7. The van der Waals surface area contributed by atoms with Gasteiger partial charge in [-0.3, -0.25) is 0 Å². The molecule has 0 N–H and O–H groups in total. The molecule has 18 aromatic rings. The van der Waals surface area contributed by atoms with Crippen molar-refractivity contribution in [3.8, 4) is 55.9 Å². The summed E-state index contributed by atoms with van der Waals surface area (Å²) >= 11 is 0.